The third kappa shape index (κ3) is 3.61. The third-order valence-corrected chi connectivity index (χ3v) is 0.780. The van der Waals surface area contributed by atoms with Crippen LogP contribution in [-0.4, -0.2) is 26.7 Å². The average molecular weight is 117 g/mol. The van der Waals surface area contributed by atoms with Crippen LogP contribution in [0.25, 0.3) is 0 Å². The fraction of sp³-hybridized carbons (Fsp3) is 0.800. The molecule has 3 heteroatoms. The molecule has 0 atom stereocenters. The molecule has 0 aliphatic carbocycles. The molecule has 0 unspecified atom stereocenters. The molecule has 0 aromatic rings. The second kappa shape index (κ2) is 4.59. The fourth-order valence-electron chi connectivity index (χ4n) is 0.297. The molecule has 0 fully saturated rings. The first-order valence-electron chi connectivity index (χ1n) is 2.41. The van der Waals surface area contributed by atoms with Crippen molar-refractivity contribution in [2.75, 3.05) is 20.8 Å². The van der Waals surface area contributed by atoms with Crippen LogP contribution >= 0.6 is 0 Å². The van der Waals surface area contributed by atoms with Gasteiger partial charge in [0.25, 0.3) is 0 Å². The first-order chi connectivity index (χ1) is 3.81. The molecule has 48 valence electrons. The lowest BCUT2D eigenvalue weighted by Crippen LogP contribution is -2.02. The summed E-state index contributed by atoms with van der Waals surface area (Å²) in [5.74, 6) is 0.270. The van der Waals surface area contributed by atoms with Crippen LogP contribution in [0.15, 0.2) is 0 Å². The molecule has 8 heavy (non-hydrogen) atoms. The highest BCUT2D eigenvalue weighted by Crippen LogP contribution is 1.83. The maximum Gasteiger partial charge on any atom is 0.182 e. The lowest BCUT2D eigenvalue weighted by molar-refractivity contribution is 0.200. The number of methoxy groups -OCH3 is 2. The van der Waals surface area contributed by atoms with E-state index in [1.807, 2.05) is 0 Å². The summed E-state index contributed by atoms with van der Waals surface area (Å²) in [6.45, 7) is 0.562. The molecule has 0 saturated carbocycles. The largest absolute Gasteiger partial charge is 0.484 e. The van der Waals surface area contributed by atoms with E-state index in [0.717, 1.165) is 0 Å². The minimum absolute atomic E-state index is 0.270. The Kier molecular flexibility index (Phi) is 4.26. The van der Waals surface area contributed by atoms with Gasteiger partial charge in [0.05, 0.1) is 13.7 Å². The Morgan fingerprint density at radius 3 is 2.50 bits per heavy atom. The summed E-state index contributed by atoms with van der Waals surface area (Å²) < 4.78 is 9.25. The van der Waals surface area contributed by atoms with Crippen LogP contribution < -0.4 is 0 Å². The molecule has 0 aromatic carbocycles. The van der Waals surface area contributed by atoms with Gasteiger partial charge < -0.3 is 9.47 Å². The molecule has 0 aliphatic heterocycles. The Morgan fingerprint density at radius 2 is 2.12 bits per heavy atom. The second-order valence-corrected chi connectivity index (χ2v) is 1.37. The van der Waals surface area contributed by atoms with E-state index >= 15 is 0 Å². The number of hydrogen-bond acceptors (Lipinski definition) is 3. The van der Waals surface area contributed by atoms with Crippen LogP contribution in [0.2, 0.25) is 0 Å². The highest BCUT2D eigenvalue weighted by molar-refractivity contribution is 5.72. The van der Waals surface area contributed by atoms with E-state index in [1.165, 1.54) is 7.11 Å². The summed E-state index contributed by atoms with van der Waals surface area (Å²) >= 11 is 0. The van der Waals surface area contributed by atoms with Crippen molar-refractivity contribution in [3.63, 3.8) is 0 Å². The highest BCUT2D eigenvalue weighted by Gasteiger charge is 1.90. The predicted octanol–water partition coefficient (Wildman–Crippen LogP) is 0.647. The molecule has 0 spiro atoms. The lowest BCUT2D eigenvalue weighted by Gasteiger charge is -1.98. The molecule has 3 nitrogen and oxygen atoms in total. The van der Waals surface area contributed by atoms with E-state index in [-0.39, 0.29) is 5.90 Å². The summed E-state index contributed by atoms with van der Waals surface area (Å²) in [6.07, 6.45) is 0.562. The van der Waals surface area contributed by atoms with Gasteiger partial charge in [-0.15, -0.1) is 0 Å². The molecule has 0 radical (unpaired) electrons. The first kappa shape index (κ1) is 7.43. The molecule has 0 rings (SSSR count). The maximum absolute atomic E-state index is 6.94. The Morgan fingerprint density at radius 1 is 1.50 bits per heavy atom. The van der Waals surface area contributed by atoms with Crippen molar-refractivity contribution in [2.24, 2.45) is 0 Å². The van der Waals surface area contributed by atoms with E-state index in [9.17, 15) is 0 Å². The van der Waals surface area contributed by atoms with Crippen molar-refractivity contribution < 1.29 is 9.47 Å². The van der Waals surface area contributed by atoms with Gasteiger partial charge in [-0.2, -0.15) is 0 Å². The third-order valence-electron chi connectivity index (χ3n) is 0.780. The van der Waals surface area contributed by atoms with Crippen molar-refractivity contribution in [2.45, 2.75) is 6.42 Å². The monoisotopic (exact) mass is 117 g/mol. The highest BCUT2D eigenvalue weighted by atomic mass is 16.5. The average Bonchev–Trinajstić information content (AvgIpc) is 1.83. The van der Waals surface area contributed by atoms with Crippen LogP contribution in [0.1, 0.15) is 6.42 Å². The van der Waals surface area contributed by atoms with E-state index < -0.39 is 0 Å². The van der Waals surface area contributed by atoms with Crippen LogP contribution in [0, 0.1) is 5.41 Å². The quantitative estimate of drug-likeness (QED) is 0.435. The number of hydrogen-bond donors (Lipinski definition) is 1. The topological polar surface area (TPSA) is 42.3 Å². The molecule has 1 N–H and O–H groups in total. The Balaban J connectivity index is 2.99. The molecule has 0 bridgehead atoms. The fourth-order valence-corrected chi connectivity index (χ4v) is 0.297. The van der Waals surface area contributed by atoms with Gasteiger partial charge in [-0.25, -0.2) is 0 Å². The van der Waals surface area contributed by atoms with Crippen LogP contribution in [0.5, 0.6) is 0 Å². The summed E-state index contributed by atoms with van der Waals surface area (Å²) in [7, 11) is 3.08. The summed E-state index contributed by atoms with van der Waals surface area (Å²) in [4.78, 5) is 0. The Hall–Kier alpha value is -0.570. The van der Waals surface area contributed by atoms with Gasteiger partial charge in [-0.1, -0.05) is 0 Å². The molecule has 0 aliphatic rings. The van der Waals surface area contributed by atoms with Crippen molar-refractivity contribution in [3.05, 3.63) is 0 Å². The number of rotatable bonds is 3. The minimum Gasteiger partial charge on any atom is -0.484 e. The van der Waals surface area contributed by atoms with Gasteiger partial charge in [-0.05, 0) is 0 Å². The summed E-state index contributed by atoms with van der Waals surface area (Å²) in [5.41, 5.74) is 0. The van der Waals surface area contributed by atoms with Crippen molar-refractivity contribution in [3.8, 4) is 0 Å². The summed E-state index contributed by atoms with van der Waals surface area (Å²) in [6, 6.07) is 0. The van der Waals surface area contributed by atoms with Gasteiger partial charge >= 0.3 is 0 Å². The molecular weight excluding hydrogens is 106 g/mol. The van der Waals surface area contributed by atoms with Gasteiger partial charge in [0, 0.05) is 13.5 Å². The molecular formula is C5H11NO2. The van der Waals surface area contributed by atoms with Crippen LogP contribution in [0.3, 0.4) is 0 Å². The van der Waals surface area contributed by atoms with Gasteiger partial charge in [-0.3, -0.25) is 5.41 Å². The smallest absolute Gasteiger partial charge is 0.182 e. The van der Waals surface area contributed by atoms with E-state index in [2.05, 4.69) is 4.74 Å². The molecule has 0 aromatic heterocycles. The van der Waals surface area contributed by atoms with Crippen LogP contribution in [-0.2, 0) is 9.47 Å². The van der Waals surface area contributed by atoms with Gasteiger partial charge in [0.1, 0.15) is 0 Å². The second-order valence-electron chi connectivity index (χ2n) is 1.37. The summed E-state index contributed by atoms with van der Waals surface area (Å²) in [5, 5.41) is 6.94. The van der Waals surface area contributed by atoms with Crippen molar-refractivity contribution >= 4 is 5.90 Å². The van der Waals surface area contributed by atoms with Crippen molar-refractivity contribution in [1.82, 2.24) is 0 Å². The Labute approximate surface area is 49.1 Å². The Bertz CT molecular complexity index is 72.8. The zero-order valence-electron chi connectivity index (χ0n) is 5.23. The maximum atomic E-state index is 6.94. The zero-order valence-corrected chi connectivity index (χ0v) is 5.23. The van der Waals surface area contributed by atoms with E-state index in [0.29, 0.717) is 13.0 Å². The van der Waals surface area contributed by atoms with E-state index in [1.54, 1.807) is 7.11 Å². The minimum atomic E-state index is 0.270. The first-order valence-corrected chi connectivity index (χ1v) is 2.41. The standard InChI is InChI=1S/C5H11NO2/c1-7-4-3-5(6)8-2/h6H,3-4H2,1-2H3. The number of nitrogens with one attached hydrogen (secondary N) is 1. The molecule has 0 heterocycles. The van der Waals surface area contributed by atoms with E-state index in [4.69, 9.17) is 10.1 Å². The lowest BCUT2D eigenvalue weighted by atomic mass is 10.5. The number of ether oxygens (including phenoxy) is 2. The molecule has 0 amide bonds. The van der Waals surface area contributed by atoms with Gasteiger partial charge in [0.15, 0.2) is 5.90 Å². The van der Waals surface area contributed by atoms with Gasteiger partial charge in [0.2, 0.25) is 0 Å². The van der Waals surface area contributed by atoms with Crippen LogP contribution in [0.4, 0.5) is 0 Å². The predicted molar refractivity (Wildman–Crippen MR) is 31.2 cm³/mol. The SMILES string of the molecule is COCCC(=N)OC. The molecule has 0 saturated heterocycles. The normalized spacial score (nSPS) is 8.75. The zero-order chi connectivity index (χ0) is 6.41. The van der Waals surface area contributed by atoms with Crippen molar-refractivity contribution in [1.29, 1.82) is 5.41 Å².